The van der Waals surface area contributed by atoms with Crippen LogP contribution in [0.5, 0.6) is 5.75 Å². The van der Waals surface area contributed by atoms with Crippen molar-refractivity contribution in [2.24, 2.45) is 7.05 Å². The largest absolute Gasteiger partial charge is 0.489 e. The SMILES string of the molecule is Cc1[nH]c2c(C(=O)NC[C@H](C)Oc3cccc(CN(C)Cc4cnn(C)c4)c3)cccc2c1C. The van der Waals surface area contributed by atoms with Crippen molar-refractivity contribution in [1.29, 1.82) is 0 Å². The van der Waals surface area contributed by atoms with Crippen molar-refractivity contribution in [3.63, 3.8) is 0 Å². The molecule has 34 heavy (non-hydrogen) atoms. The van der Waals surface area contributed by atoms with Crippen LogP contribution in [0.25, 0.3) is 10.9 Å². The summed E-state index contributed by atoms with van der Waals surface area (Å²) < 4.78 is 7.92. The van der Waals surface area contributed by atoms with E-state index in [2.05, 4.69) is 46.4 Å². The number of hydrogen-bond acceptors (Lipinski definition) is 4. The lowest BCUT2D eigenvalue weighted by Crippen LogP contribution is -2.33. The molecule has 4 aromatic rings. The second kappa shape index (κ2) is 10.1. The van der Waals surface area contributed by atoms with Crippen LogP contribution in [-0.4, -0.2) is 45.3 Å². The minimum absolute atomic E-state index is 0.104. The first-order valence-corrected chi connectivity index (χ1v) is 11.6. The molecular formula is C27H33N5O2. The molecule has 2 aromatic carbocycles. The number of carbonyl (C=O) groups excluding carboxylic acids is 1. The van der Waals surface area contributed by atoms with Crippen LogP contribution in [0.3, 0.4) is 0 Å². The minimum Gasteiger partial charge on any atom is -0.489 e. The molecule has 1 atom stereocenters. The first-order valence-electron chi connectivity index (χ1n) is 11.6. The Morgan fingerprint density at radius 2 is 1.94 bits per heavy atom. The zero-order valence-corrected chi connectivity index (χ0v) is 20.6. The summed E-state index contributed by atoms with van der Waals surface area (Å²) in [4.78, 5) is 18.4. The molecule has 7 nitrogen and oxygen atoms in total. The maximum absolute atomic E-state index is 12.9. The lowest BCUT2D eigenvalue weighted by atomic mass is 10.1. The quantitative estimate of drug-likeness (QED) is 0.390. The third kappa shape index (κ3) is 5.48. The first kappa shape index (κ1) is 23.6. The van der Waals surface area contributed by atoms with Gasteiger partial charge in [0.2, 0.25) is 0 Å². The van der Waals surface area contributed by atoms with E-state index < -0.39 is 0 Å². The Hall–Kier alpha value is -3.58. The predicted molar refractivity (Wildman–Crippen MR) is 135 cm³/mol. The maximum atomic E-state index is 12.9. The van der Waals surface area contributed by atoms with Crippen LogP contribution in [0, 0.1) is 13.8 Å². The molecule has 178 valence electrons. The number of amides is 1. The zero-order chi connectivity index (χ0) is 24.2. The van der Waals surface area contributed by atoms with E-state index in [0.717, 1.165) is 35.4 Å². The molecule has 0 bridgehead atoms. The van der Waals surface area contributed by atoms with Crippen LogP contribution in [0.1, 0.15) is 39.7 Å². The molecule has 4 rings (SSSR count). The number of aromatic nitrogens is 3. The number of aromatic amines is 1. The molecule has 2 aromatic heterocycles. The molecule has 0 aliphatic rings. The van der Waals surface area contributed by atoms with Crippen LogP contribution in [0.4, 0.5) is 0 Å². The molecule has 0 saturated carbocycles. The van der Waals surface area contributed by atoms with Gasteiger partial charge in [0.25, 0.3) is 5.91 Å². The van der Waals surface area contributed by atoms with Gasteiger partial charge in [-0.05, 0) is 57.1 Å². The van der Waals surface area contributed by atoms with Gasteiger partial charge in [-0.25, -0.2) is 0 Å². The van der Waals surface area contributed by atoms with Gasteiger partial charge in [0.1, 0.15) is 11.9 Å². The van der Waals surface area contributed by atoms with Crippen molar-refractivity contribution >= 4 is 16.8 Å². The first-order chi connectivity index (χ1) is 16.3. The maximum Gasteiger partial charge on any atom is 0.253 e. The Balaban J connectivity index is 1.32. The second-order valence-electron chi connectivity index (χ2n) is 9.08. The minimum atomic E-state index is -0.168. The van der Waals surface area contributed by atoms with E-state index in [0.29, 0.717) is 12.1 Å². The Labute approximate surface area is 200 Å². The van der Waals surface area contributed by atoms with E-state index in [1.54, 1.807) is 0 Å². The van der Waals surface area contributed by atoms with Gasteiger partial charge in [0, 0.05) is 43.0 Å². The summed E-state index contributed by atoms with van der Waals surface area (Å²) >= 11 is 0. The molecule has 0 spiro atoms. The Kier molecular flexibility index (Phi) is 7.03. The van der Waals surface area contributed by atoms with Crippen molar-refractivity contribution in [2.45, 2.75) is 40.0 Å². The molecule has 0 radical (unpaired) electrons. The summed E-state index contributed by atoms with van der Waals surface area (Å²) in [6.07, 6.45) is 3.76. The van der Waals surface area contributed by atoms with E-state index in [-0.39, 0.29) is 12.0 Å². The summed E-state index contributed by atoms with van der Waals surface area (Å²) in [5.74, 6) is 0.694. The molecular weight excluding hydrogens is 426 g/mol. The van der Waals surface area contributed by atoms with Crippen LogP contribution in [0.15, 0.2) is 54.9 Å². The molecule has 7 heteroatoms. The normalized spacial score (nSPS) is 12.3. The van der Waals surface area contributed by atoms with Crippen LogP contribution >= 0.6 is 0 Å². The van der Waals surface area contributed by atoms with Gasteiger partial charge in [-0.1, -0.05) is 24.3 Å². The molecule has 0 aliphatic carbocycles. The van der Waals surface area contributed by atoms with Gasteiger partial charge in [-0.3, -0.25) is 14.4 Å². The molecule has 0 fully saturated rings. The van der Waals surface area contributed by atoms with Gasteiger partial charge < -0.3 is 15.0 Å². The topological polar surface area (TPSA) is 75.2 Å². The fraction of sp³-hybridized carbons (Fsp3) is 0.333. The summed E-state index contributed by atoms with van der Waals surface area (Å²) in [5.41, 5.74) is 6.14. The third-order valence-electron chi connectivity index (χ3n) is 6.04. The van der Waals surface area contributed by atoms with E-state index in [1.807, 2.05) is 68.3 Å². The van der Waals surface area contributed by atoms with Crippen molar-refractivity contribution in [2.75, 3.05) is 13.6 Å². The number of hydrogen-bond donors (Lipinski definition) is 2. The Morgan fingerprint density at radius 1 is 1.18 bits per heavy atom. The molecule has 1 amide bonds. The zero-order valence-electron chi connectivity index (χ0n) is 20.6. The number of nitrogens with zero attached hydrogens (tertiary/aromatic N) is 3. The highest BCUT2D eigenvalue weighted by Crippen LogP contribution is 2.24. The summed E-state index contributed by atoms with van der Waals surface area (Å²) in [5, 5.41) is 8.33. The number of aryl methyl sites for hydroxylation is 3. The highest BCUT2D eigenvalue weighted by Gasteiger charge is 2.15. The number of ether oxygens (including phenoxy) is 1. The highest BCUT2D eigenvalue weighted by molar-refractivity contribution is 6.06. The number of para-hydroxylation sites is 1. The molecule has 0 saturated heterocycles. The molecule has 0 aliphatic heterocycles. The van der Waals surface area contributed by atoms with Crippen LogP contribution < -0.4 is 10.1 Å². The predicted octanol–water partition coefficient (Wildman–Crippen LogP) is 4.35. The number of fused-ring (bicyclic) bond motifs is 1. The average Bonchev–Trinajstić information content (AvgIpc) is 3.34. The summed E-state index contributed by atoms with van der Waals surface area (Å²) in [6.45, 7) is 8.10. The second-order valence-corrected chi connectivity index (χ2v) is 9.08. The summed E-state index contributed by atoms with van der Waals surface area (Å²) in [6, 6.07) is 13.9. The molecule has 0 unspecified atom stereocenters. The fourth-order valence-corrected chi connectivity index (χ4v) is 4.23. The Morgan fingerprint density at radius 3 is 2.71 bits per heavy atom. The van der Waals surface area contributed by atoms with E-state index in [4.69, 9.17) is 4.74 Å². The summed E-state index contributed by atoms with van der Waals surface area (Å²) in [7, 11) is 4.02. The van der Waals surface area contributed by atoms with Gasteiger partial charge in [-0.15, -0.1) is 0 Å². The number of nitrogens with one attached hydrogen (secondary N) is 2. The monoisotopic (exact) mass is 459 g/mol. The van der Waals surface area contributed by atoms with Crippen molar-refractivity contribution in [3.8, 4) is 5.75 Å². The lowest BCUT2D eigenvalue weighted by molar-refractivity contribution is 0.0933. The number of rotatable bonds is 9. The van der Waals surface area contributed by atoms with Gasteiger partial charge in [-0.2, -0.15) is 5.10 Å². The number of H-pyrrole nitrogens is 1. The van der Waals surface area contributed by atoms with Gasteiger partial charge in [0.15, 0.2) is 0 Å². The molecule has 2 heterocycles. The smallest absolute Gasteiger partial charge is 0.253 e. The van der Waals surface area contributed by atoms with Gasteiger partial charge in [0.05, 0.1) is 23.8 Å². The standard InChI is InChI=1S/C27H33N5O2/c1-18(13-28-27(33)25-11-7-10-24-19(2)20(3)30-26(24)25)34-23-9-6-8-21(12-23)15-31(4)16-22-14-29-32(5)17-22/h6-12,14,17-18,30H,13,15-16H2,1-5H3,(H,28,33)/t18-/m0/s1. The van der Waals surface area contributed by atoms with Crippen molar-refractivity contribution < 1.29 is 9.53 Å². The fourth-order valence-electron chi connectivity index (χ4n) is 4.23. The van der Waals surface area contributed by atoms with E-state index in [1.165, 1.54) is 16.7 Å². The van der Waals surface area contributed by atoms with Crippen molar-refractivity contribution in [3.05, 3.63) is 82.8 Å². The van der Waals surface area contributed by atoms with Crippen LogP contribution in [0.2, 0.25) is 0 Å². The van der Waals surface area contributed by atoms with Gasteiger partial charge >= 0.3 is 0 Å². The molecule has 2 N–H and O–H groups in total. The number of benzene rings is 2. The van der Waals surface area contributed by atoms with Crippen molar-refractivity contribution in [1.82, 2.24) is 25.0 Å². The van der Waals surface area contributed by atoms with E-state index in [9.17, 15) is 4.79 Å². The van der Waals surface area contributed by atoms with E-state index >= 15 is 0 Å². The average molecular weight is 460 g/mol. The Bertz CT molecular complexity index is 1290. The van der Waals surface area contributed by atoms with Crippen LogP contribution in [-0.2, 0) is 20.1 Å². The number of carbonyl (C=O) groups is 1. The highest BCUT2D eigenvalue weighted by atomic mass is 16.5. The lowest BCUT2D eigenvalue weighted by Gasteiger charge is -2.18. The third-order valence-corrected chi connectivity index (χ3v) is 6.04.